The Bertz CT molecular complexity index is 951. The summed E-state index contributed by atoms with van der Waals surface area (Å²) in [6.07, 6.45) is 5.34. The lowest BCUT2D eigenvalue weighted by molar-refractivity contribution is -0.137. The van der Waals surface area contributed by atoms with Crippen LogP contribution in [0.2, 0.25) is 0 Å². The molecule has 1 unspecified atom stereocenters. The second-order valence-electron chi connectivity index (χ2n) is 8.28. The number of rotatable bonds is 8. The van der Waals surface area contributed by atoms with Crippen LogP contribution in [0, 0.1) is 19.8 Å². The van der Waals surface area contributed by atoms with Crippen LogP contribution in [0.3, 0.4) is 0 Å². The zero-order valence-corrected chi connectivity index (χ0v) is 19.1. The van der Waals surface area contributed by atoms with E-state index in [9.17, 15) is 14.4 Å². The van der Waals surface area contributed by atoms with E-state index >= 15 is 0 Å². The maximum Gasteiger partial charge on any atom is 0.355 e. The second kappa shape index (κ2) is 9.54. The molecule has 7 nitrogen and oxygen atoms in total. The number of aromatic nitrogens is 1. The third-order valence-electron chi connectivity index (χ3n) is 6.39. The lowest BCUT2D eigenvalue weighted by Crippen LogP contribution is -2.45. The summed E-state index contributed by atoms with van der Waals surface area (Å²) < 4.78 is 12.3. The van der Waals surface area contributed by atoms with Gasteiger partial charge in [-0.05, 0) is 58.2 Å². The molecule has 0 bridgehead atoms. The highest BCUT2D eigenvalue weighted by Crippen LogP contribution is 2.30. The highest BCUT2D eigenvalue weighted by atomic mass is 16.5. The van der Waals surface area contributed by atoms with Gasteiger partial charge in [-0.1, -0.05) is 12.8 Å². The van der Waals surface area contributed by atoms with E-state index in [1.165, 1.54) is 0 Å². The van der Waals surface area contributed by atoms with Gasteiger partial charge in [-0.2, -0.15) is 0 Å². The summed E-state index contributed by atoms with van der Waals surface area (Å²) in [6, 6.07) is 2.90. The van der Waals surface area contributed by atoms with Crippen molar-refractivity contribution in [3.05, 3.63) is 46.7 Å². The number of amides is 1. The zero-order valence-electron chi connectivity index (χ0n) is 19.1. The van der Waals surface area contributed by atoms with Gasteiger partial charge < -0.3 is 18.6 Å². The van der Waals surface area contributed by atoms with Gasteiger partial charge in [0.25, 0.3) is 0 Å². The fourth-order valence-electron chi connectivity index (χ4n) is 4.56. The predicted octanol–water partition coefficient (Wildman–Crippen LogP) is 4.20. The Labute approximate surface area is 183 Å². The first-order valence-corrected chi connectivity index (χ1v) is 11.0. The summed E-state index contributed by atoms with van der Waals surface area (Å²) in [5, 5.41) is 0. The van der Waals surface area contributed by atoms with Crippen LogP contribution in [0.5, 0.6) is 0 Å². The average molecular weight is 429 g/mol. The molecule has 0 aliphatic heterocycles. The molecule has 1 saturated carbocycles. The molecule has 0 aromatic carbocycles. The Kier molecular flexibility index (Phi) is 7.03. The molecule has 1 atom stereocenters. The van der Waals surface area contributed by atoms with Crippen molar-refractivity contribution in [3.63, 3.8) is 0 Å². The van der Waals surface area contributed by atoms with Crippen molar-refractivity contribution >= 4 is 17.7 Å². The fourth-order valence-corrected chi connectivity index (χ4v) is 4.56. The zero-order chi connectivity index (χ0) is 22.7. The van der Waals surface area contributed by atoms with Crippen LogP contribution >= 0.6 is 0 Å². The molecule has 3 rings (SSSR count). The molecule has 2 aromatic heterocycles. The molecule has 1 aliphatic rings. The van der Waals surface area contributed by atoms with Crippen molar-refractivity contribution in [2.75, 3.05) is 6.61 Å². The SMILES string of the molecule is CCOC(=O)c1c(C)c(C(=O)C(C)N(Cc2ccco2)C(=O)C2CCCC2)c(C)n1C. The molecule has 1 aliphatic carbocycles. The summed E-state index contributed by atoms with van der Waals surface area (Å²) in [4.78, 5) is 41.0. The fraction of sp³-hybridized carbons (Fsp3) is 0.542. The van der Waals surface area contributed by atoms with Crippen molar-refractivity contribution in [1.29, 1.82) is 0 Å². The van der Waals surface area contributed by atoms with Crippen molar-refractivity contribution in [3.8, 4) is 0 Å². The second-order valence-corrected chi connectivity index (χ2v) is 8.28. The van der Waals surface area contributed by atoms with E-state index in [1.54, 1.807) is 49.6 Å². The molecule has 0 saturated heterocycles. The normalized spacial score (nSPS) is 15.1. The predicted molar refractivity (Wildman–Crippen MR) is 116 cm³/mol. The summed E-state index contributed by atoms with van der Waals surface area (Å²) in [5.74, 6) is -0.0598. The van der Waals surface area contributed by atoms with Crippen LogP contribution in [0.4, 0.5) is 0 Å². The van der Waals surface area contributed by atoms with E-state index in [0.29, 0.717) is 28.3 Å². The largest absolute Gasteiger partial charge is 0.467 e. The monoisotopic (exact) mass is 428 g/mol. The van der Waals surface area contributed by atoms with E-state index in [-0.39, 0.29) is 30.8 Å². The number of ether oxygens (including phenoxy) is 1. The number of hydrogen-bond acceptors (Lipinski definition) is 5. The minimum absolute atomic E-state index is 0.00777. The molecule has 1 fully saturated rings. The Morgan fingerprint density at radius 1 is 1.26 bits per heavy atom. The third-order valence-corrected chi connectivity index (χ3v) is 6.39. The van der Waals surface area contributed by atoms with Crippen LogP contribution in [-0.2, 0) is 23.1 Å². The first kappa shape index (κ1) is 22.8. The van der Waals surface area contributed by atoms with Crippen LogP contribution in [0.15, 0.2) is 22.8 Å². The molecule has 0 radical (unpaired) electrons. The van der Waals surface area contributed by atoms with E-state index in [2.05, 4.69) is 0 Å². The van der Waals surface area contributed by atoms with Gasteiger partial charge in [-0.3, -0.25) is 9.59 Å². The summed E-state index contributed by atoms with van der Waals surface area (Å²) in [6.45, 7) is 7.58. The summed E-state index contributed by atoms with van der Waals surface area (Å²) in [7, 11) is 1.75. The molecule has 0 spiro atoms. The lowest BCUT2D eigenvalue weighted by atomic mass is 9.98. The number of esters is 1. The number of furan rings is 1. The Morgan fingerprint density at radius 3 is 2.52 bits per heavy atom. The molecular formula is C24H32N2O5. The van der Waals surface area contributed by atoms with Crippen molar-refractivity contribution in [1.82, 2.24) is 9.47 Å². The maximum absolute atomic E-state index is 13.6. The van der Waals surface area contributed by atoms with Gasteiger partial charge in [0.2, 0.25) is 5.91 Å². The van der Waals surface area contributed by atoms with Gasteiger partial charge >= 0.3 is 5.97 Å². The molecule has 1 amide bonds. The van der Waals surface area contributed by atoms with E-state index < -0.39 is 12.0 Å². The van der Waals surface area contributed by atoms with Crippen LogP contribution in [0.1, 0.15) is 77.4 Å². The van der Waals surface area contributed by atoms with Gasteiger partial charge in [0.15, 0.2) is 5.78 Å². The van der Waals surface area contributed by atoms with Crippen molar-refractivity contribution < 1.29 is 23.5 Å². The van der Waals surface area contributed by atoms with Gasteiger partial charge in [0, 0.05) is 24.2 Å². The molecule has 2 aromatic rings. The van der Waals surface area contributed by atoms with Crippen LogP contribution < -0.4 is 0 Å². The third kappa shape index (κ3) is 4.45. The quantitative estimate of drug-likeness (QED) is 0.465. The minimum atomic E-state index is -0.687. The highest BCUT2D eigenvalue weighted by molar-refractivity contribution is 6.06. The molecule has 7 heteroatoms. The Morgan fingerprint density at radius 2 is 1.94 bits per heavy atom. The summed E-state index contributed by atoms with van der Waals surface area (Å²) >= 11 is 0. The smallest absolute Gasteiger partial charge is 0.355 e. The van der Waals surface area contributed by atoms with Gasteiger partial charge in [-0.25, -0.2) is 4.79 Å². The Balaban J connectivity index is 1.95. The molecule has 0 N–H and O–H groups in total. The van der Waals surface area contributed by atoms with E-state index in [1.807, 2.05) is 13.0 Å². The number of ketones is 1. The maximum atomic E-state index is 13.6. The van der Waals surface area contributed by atoms with E-state index in [0.717, 1.165) is 25.7 Å². The average Bonchev–Trinajstić information content (AvgIpc) is 3.48. The van der Waals surface area contributed by atoms with Crippen LogP contribution in [-0.4, -0.2) is 39.8 Å². The van der Waals surface area contributed by atoms with Gasteiger partial charge in [-0.15, -0.1) is 0 Å². The summed E-state index contributed by atoms with van der Waals surface area (Å²) in [5.41, 5.74) is 2.11. The standard InChI is InChI=1S/C24H32N2O5/c1-6-30-24(29)21-15(2)20(16(3)25(21)5)22(27)17(4)26(14-19-12-9-13-31-19)23(28)18-10-7-8-11-18/h9,12-13,17-18H,6-8,10-11,14H2,1-5H3. The first-order chi connectivity index (χ1) is 14.8. The van der Waals surface area contributed by atoms with Crippen molar-refractivity contribution in [2.45, 2.75) is 66.0 Å². The van der Waals surface area contributed by atoms with Crippen molar-refractivity contribution in [2.24, 2.45) is 13.0 Å². The molecular weight excluding hydrogens is 396 g/mol. The number of nitrogens with zero attached hydrogens (tertiary/aromatic N) is 2. The van der Waals surface area contributed by atoms with E-state index in [4.69, 9.17) is 9.15 Å². The number of carbonyl (C=O) groups excluding carboxylic acids is 3. The number of carbonyl (C=O) groups is 3. The molecule has 31 heavy (non-hydrogen) atoms. The number of hydrogen-bond donors (Lipinski definition) is 0. The number of Topliss-reactive ketones (excluding diaryl/α,β-unsaturated/α-hetero) is 1. The van der Waals surface area contributed by atoms with Gasteiger partial charge in [0.1, 0.15) is 11.5 Å². The lowest BCUT2D eigenvalue weighted by Gasteiger charge is -2.30. The molecule has 2 heterocycles. The first-order valence-electron chi connectivity index (χ1n) is 11.0. The topological polar surface area (TPSA) is 81.8 Å². The molecule has 168 valence electrons. The van der Waals surface area contributed by atoms with Gasteiger partial charge in [0.05, 0.1) is 25.5 Å². The highest BCUT2D eigenvalue weighted by Gasteiger charge is 2.36. The minimum Gasteiger partial charge on any atom is -0.467 e. The van der Waals surface area contributed by atoms with Crippen LogP contribution in [0.25, 0.3) is 0 Å². The Hall–Kier alpha value is -2.83.